The van der Waals surface area contributed by atoms with E-state index in [4.69, 9.17) is 14.6 Å². The second-order valence-electron chi connectivity index (χ2n) is 8.10. The second-order valence-corrected chi connectivity index (χ2v) is 8.10. The predicted octanol–water partition coefficient (Wildman–Crippen LogP) is -1.37. The zero-order valence-electron chi connectivity index (χ0n) is 19.0. The van der Waals surface area contributed by atoms with Gasteiger partial charge in [0.1, 0.15) is 30.5 Å². The number of aliphatic carboxylic acids is 1. The second kappa shape index (κ2) is 15.9. The topological polar surface area (TPSA) is 195 Å². The number of rotatable bonds is 16. The number of nitrogens with one attached hydrogen (secondary N) is 2. The van der Waals surface area contributed by atoms with Gasteiger partial charge in [-0.3, -0.25) is 14.4 Å². The molecule has 0 aromatic heterocycles. The molecule has 7 N–H and O–H groups in total. The third kappa shape index (κ3) is 10.8. The number of carboxylic acids is 1. The third-order valence-corrected chi connectivity index (χ3v) is 5.30. The maximum atomic E-state index is 12.6. The molecule has 0 aromatic carbocycles. The molecule has 0 saturated carbocycles. The van der Waals surface area contributed by atoms with Gasteiger partial charge in [-0.05, 0) is 19.3 Å². The van der Waals surface area contributed by atoms with Crippen molar-refractivity contribution in [2.75, 3.05) is 19.8 Å². The molecule has 0 aromatic rings. The fraction of sp³-hybridized carbons (Fsp3) is 0.857. The standard InChI is InChI=1S/C21H38N2O10/c1-2-3-5-8-15(25)23-13(20(31)22-10-7-4-6-9-16(26)27)12-32-21-19(30)18(29)17(28)14(11-24)33-21/h13-14,17-19,21,24,28-30H,2-12H2,1H3,(H,22,31)(H,23,25)(H,26,27)/t13-,14+,17-,18-,19+,21-/m0/s1. The predicted molar refractivity (Wildman–Crippen MR) is 115 cm³/mol. The highest BCUT2D eigenvalue weighted by Gasteiger charge is 2.44. The highest BCUT2D eigenvalue weighted by atomic mass is 16.7. The van der Waals surface area contributed by atoms with Gasteiger partial charge in [0.05, 0.1) is 13.2 Å². The summed E-state index contributed by atoms with van der Waals surface area (Å²) in [4.78, 5) is 35.4. The first kappa shape index (κ1) is 29.2. The lowest BCUT2D eigenvalue weighted by atomic mass is 9.99. The van der Waals surface area contributed by atoms with Crippen molar-refractivity contribution in [2.45, 2.75) is 95.0 Å². The number of amides is 2. The Morgan fingerprint density at radius 2 is 1.67 bits per heavy atom. The minimum absolute atomic E-state index is 0.0529. The Hall–Kier alpha value is -1.83. The van der Waals surface area contributed by atoms with Gasteiger partial charge in [-0.25, -0.2) is 0 Å². The lowest BCUT2D eigenvalue weighted by Crippen LogP contribution is -2.60. The van der Waals surface area contributed by atoms with Gasteiger partial charge in [0.25, 0.3) is 0 Å². The van der Waals surface area contributed by atoms with E-state index in [1.54, 1.807) is 0 Å². The highest BCUT2D eigenvalue weighted by molar-refractivity contribution is 5.87. The van der Waals surface area contributed by atoms with E-state index in [1.807, 2.05) is 6.92 Å². The van der Waals surface area contributed by atoms with Crippen LogP contribution in [0.4, 0.5) is 0 Å². The molecule has 0 spiro atoms. The van der Waals surface area contributed by atoms with Crippen molar-refractivity contribution in [1.29, 1.82) is 0 Å². The van der Waals surface area contributed by atoms with Crippen molar-refractivity contribution in [3.05, 3.63) is 0 Å². The Kier molecular flexibility index (Phi) is 14.1. The molecule has 1 fully saturated rings. The summed E-state index contributed by atoms with van der Waals surface area (Å²) in [5.74, 6) is -1.75. The van der Waals surface area contributed by atoms with Crippen LogP contribution in [0.3, 0.4) is 0 Å². The molecule has 6 atom stereocenters. The molecule has 1 saturated heterocycles. The van der Waals surface area contributed by atoms with Gasteiger partial charge in [-0.1, -0.05) is 26.2 Å². The lowest BCUT2D eigenvalue weighted by Gasteiger charge is -2.39. The van der Waals surface area contributed by atoms with Crippen molar-refractivity contribution in [3.63, 3.8) is 0 Å². The average Bonchev–Trinajstić information content (AvgIpc) is 2.78. The van der Waals surface area contributed by atoms with Gasteiger partial charge < -0.3 is 45.6 Å². The average molecular weight is 479 g/mol. The molecule has 0 unspecified atom stereocenters. The number of carbonyl (C=O) groups is 3. The Morgan fingerprint density at radius 3 is 2.30 bits per heavy atom. The quantitative estimate of drug-likeness (QED) is 0.130. The maximum absolute atomic E-state index is 12.6. The fourth-order valence-corrected chi connectivity index (χ4v) is 3.29. The summed E-state index contributed by atoms with van der Waals surface area (Å²) in [7, 11) is 0. The minimum atomic E-state index is -1.62. The lowest BCUT2D eigenvalue weighted by molar-refractivity contribution is -0.301. The molecule has 1 heterocycles. The number of ether oxygens (including phenoxy) is 2. The van der Waals surface area contributed by atoms with E-state index in [9.17, 15) is 34.8 Å². The monoisotopic (exact) mass is 478 g/mol. The Bertz CT molecular complexity index is 604. The smallest absolute Gasteiger partial charge is 0.303 e. The van der Waals surface area contributed by atoms with Crippen molar-refractivity contribution in [1.82, 2.24) is 10.6 Å². The maximum Gasteiger partial charge on any atom is 0.303 e. The van der Waals surface area contributed by atoms with Crippen LogP contribution in [0.1, 0.15) is 58.3 Å². The van der Waals surface area contributed by atoms with Crippen LogP contribution in [0.5, 0.6) is 0 Å². The Labute approximate surface area is 193 Å². The van der Waals surface area contributed by atoms with E-state index in [2.05, 4.69) is 10.6 Å². The SMILES string of the molecule is CCCCCC(=O)N[C@@H](CO[C@H]1O[C@H](CO)[C@H](O)[C@H](O)[C@H]1O)C(=O)NCCCCCC(=O)O. The van der Waals surface area contributed by atoms with Crippen molar-refractivity contribution in [3.8, 4) is 0 Å². The van der Waals surface area contributed by atoms with E-state index in [0.717, 1.165) is 12.8 Å². The zero-order chi connectivity index (χ0) is 24.8. The van der Waals surface area contributed by atoms with Gasteiger partial charge >= 0.3 is 5.97 Å². The van der Waals surface area contributed by atoms with E-state index < -0.39 is 55.2 Å². The molecule has 33 heavy (non-hydrogen) atoms. The van der Waals surface area contributed by atoms with Crippen LogP contribution in [0.25, 0.3) is 0 Å². The van der Waals surface area contributed by atoms with E-state index in [-0.39, 0.29) is 31.9 Å². The van der Waals surface area contributed by atoms with E-state index in [0.29, 0.717) is 25.7 Å². The minimum Gasteiger partial charge on any atom is -0.481 e. The molecular formula is C21H38N2O10. The van der Waals surface area contributed by atoms with Crippen LogP contribution < -0.4 is 10.6 Å². The molecule has 1 rings (SSSR count). The van der Waals surface area contributed by atoms with Gasteiger partial charge in [-0.2, -0.15) is 0 Å². The van der Waals surface area contributed by atoms with Crippen molar-refractivity contribution in [2.24, 2.45) is 0 Å². The molecule has 0 aliphatic carbocycles. The van der Waals surface area contributed by atoms with Crippen molar-refractivity contribution >= 4 is 17.8 Å². The number of hydrogen-bond acceptors (Lipinski definition) is 9. The number of aliphatic hydroxyl groups is 4. The molecule has 12 nitrogen and oxygen atoms in total. The highest BCUT2D eigenvalue weighted by Crippen LogP contribution is 2.22. The van der Waals surface area contributed by atoms with Gasteiger partial charge in [0.2, 0.25) is 11.8 Å². The van der Waals surface area contributed by atoms with Gasteiger partial charge in [-0.15, -0.1) is 0 Å². The normalized spacial score (nSPS) is 25.9. The Morgan fingerprint density at radius 1 is 0.970 bits per heavy atom. The molecule has 12 heteroatoms. The van der Waals surface area contributed by atoms with Gasteiger partial charge in [0.15, 0.2) is 6.29 Å². The number of carbonyl (C=O) groups excluding carboxylic acids is 2. The summed E-state index contributed by atoms with van der Waals surface area (Å²) in [6.07, 6.45) is -2.97. The van der Waals surface area contributed by atoms with E-state index >= 15 is 0 Å². The van der Waals surface area contributed by atoms with Crippen LogP contribution in [0, 0.1) is 0 Å². The van der Waals surface area contributed by atoms with Crippen LogP contribution in [-0.2, 0) is 23.9 Å². The Balaban J connectivity index is 2.64. The summed E-state index contributed by atoms with van der Waals surface area (Å²) in [6, 6.07) is -1.11. The number of carboxylic acid groups (broad SMARTS) is 1. The zero-order valence-corrected chi connectivity index (χ0v) is 19.0. The van der Waals surface area contributed by atoms with E-state index in [1.165, 1.54) is 0 Å². The fourth-order valence-electron chi connectivity index (χ4n) is 3.29. The number of unbranched alkanes of at least 4 members (excludes halogenated alkanes) is 4. The number of aliphatic hydroxyl groups excluding tert-OH is 4. The first-order valence-electron chi connectivity index (χ1n) is 11.4. The largest absolute Gasteiger partial charge is 0.481 e. The third-order valence-electron chi connectivity index (χ3n) is 5.30. The first-order chi connectivity index (χ1) is 15.7. The van der Waals surface area contributed by atoms with Crippen LogP contribution >= 0.6 is 0 Å². The summed E-state index contributed by atoms with van der Waals surface area (Å²) >= 11 is 0. The first-order valence-corrected chi connectivity index (χ1v) is 11.4. The molecular weight excluding hydrogens is 440 g/mol. The van der Waals surface area contributed by atoms with Crippen LogP contribution in [0.15, 0.2) is 0 Å². The summed E-state index contributed by atoms with van der Waals surface area (Å²) in [5.41, 5.74) is 0. The molecule has 0 bridgehead atoms. The van der Waals surface area contributed by atoms with Crippen molar-refractivity contribution < 1.29 is 49.4 Å². The summed E-state index contributed by atoms with van der Waals surface area (Å²) in [5, 5.41) is 53.0. The molecule has 192 valence electrons. The summed E-state index contributed by atoms with van der Waals surface area (Å²) in [6.45, 7) is 1.28. The van der Waals surface area contributed by atoms with Crippen LogP contribution in [-0.4, -0.2) is 99.8 Å². The summed E-state index contributed by atoms with van der Waals surface area (Å²) < 4.78 is 10.7. The molecule has 2 amide bonds. The molecule has 1 aliphatic rings. The van der Waals surface area contributed by atoms with Crippen LogP contribution in [0.2, 0.25) is 0 Å². The van der Waals surface area contributed by atoms with Gasteiger partial charge in [0, 0.05) is 19.4 Å². The number of hydrogen-bond donors (Lipinski definition) is 7. The molecule has 0 radical (unpaired) electrons. The molecule has 1 aliphatic heterocycles.